The van der Waals surface area contributed by atoms with Crippen molar-refractivity contribution < 1.29 is 14.3 Å². The zero-order valence-electron chi connectivity index (χ0n) is 18.4. The lowest BCUT2D eigenvalue weighted by Gasteiger charge is -2.36. The second-order valence-electron chi connectivity index (χ2n) is 7.87. The highest BCUT2D eigenvalue weighted by atomic mass is 35.5. The third-order valence-electron chi connectivity index (χ3n) is 5.73. The van der Waals surface area contributed by atoms with Crippen molar-refractivity contribution in [3.63, 3.8) is 0 Å². The molecule has 1 heterocycles. The number of carbonyl (C=O) groups is 2. The van der Waals surface area contributed by atoms with E-state index in [0.717, 1.165) is 25.2 Å². The summed E-state index contributed by atoms with van der Waals surface area (Å²) in [6.07, 6.45) is 1.08. The number of benzene rings is 2. The Bertz CT molecular complexity index is 909. The molecule has 2 amide bonds. The molecule has 0 aliphatic carbocycles. The van der Waals surface area contributed by atoms with E-state index in [4.69, 9.17) is 16.3 Å². The number of ether oxygens (including phenoxy) is 1. The highest BCUT2D eigenvalue weighted by Gasteiger charge is 2.20. The number of hydrogen-bond acceptors (Lipinski definition) is 4. The molecule has 31 heavy (non-hydrogen) atoms. The van der Waals surface area contributed by atoms with Gasteiger partial charge in [0.25, 0.3) is 5.91 Å². The lowest BCUT2D eigenvalue weighted by Crippen LogP contribution is -2.48. The molecule has 166 valence electrons. The van der Waals surface area contributed by atoms with Crippen molar-refractivity contribution in [3.05, 3.63) is 53.1 Å². The van der Waals surface area contributed by atoms with Gasteiger partial charge in [0.2, 0.25) is 5.91 Å². The van der Waals surface area contributed by atoms with Gasteiger partial charge in [0.05, 0.1) is 10.7 Å². The molecule has 7 heteroatoms. The van der Waals surface area contributed by atoms with Crippen LogP contribution in [0.2, 0.25) is 5.02 Å². The van der Waals surface area contributed by atoms with Gasteiger partial charge in [-0.15, -0.1) is 0 Å². The van der Waals surface area contributed by atoms with E-state index in [-0.39, 0.29) is 18.4 Å². The molecule has 1 saturated heterocycles. The van der Waals surface area contributed by atoms with Crippen LogP contribution in [-0.4, -0.2) is 49.5 Å². The summed E-state index contributed by atoms with van der Waals surface area (Å²) in [4.78, 5) is 27.7. The average molecular weight is 444 g/mol. The molecule has 2 aromatic rings. The van der Waals surface area contributed by atoms with Crippen LogP contribution in [0, 0.1) is 0 Å². The van der Waals surface area contributed by atoms with E-state index in [2.05, 4.69) is 24.1 Å². The highest BCUT2D eigenvalue weighted by molar-refractivity contribution is 6.33. The van der Waals surface area contributed by atoms with Gasteiger partial charge in [0, 0.05) is 38.8 Å². The molecule has 0 aromatic heterocycles. The minimum absolute atomic E-state index is 0.0744. The Hall–Kier alpha value is -2.73. The van der Waals surface area contributed by atoms with E-state index in [0.29, 0.717) is 35.5 Å². The lowest BCUT2D eigenvalue weighted by atomic mass is 9.99. The van der Waals surface area contributed by atoms with Gasteiger partial charge in [-0.3, -0.25) is 9.59 Å². The predicted molar refractivity (Wildman–Crippen MR) is 125 cm³/mol. The summed E-state index contributed by atoms with van der Waals surface area (Å²) in [5.41, 5.74) is 2.79. The van der Waals surface area contributed by atoms with Crippen molar-refractivity contribution in [1.29, 1.82) is 0 Å². The van der Waals surface area contributed by atoms with E-state index < -0.39 is 0 Å². The Morgan fingerprint density at radius 1 is 1.10 bits per heavy atom. The normalized spacial score (nSPS) is 14.8. The van der Waals surface area contributed by atoms with E-state index in [1.807, 2.05) is 41.3 Å². The molecular weight excluding hydrogens is 414 g/mol. The molecule has 1 aliphatic rings. The van der Waals surface area contributed by atoms with E-state index in [1.165, 1.54) is 5.56 Å². The van der Waals surface area contributed by atoms with Gasteiger partial charge in [0.1, 0.15) is 5.75 Å². The number of nitrogens with one attached hydrogen (secondary N) is 1. The maximum atomic E-state index is 12.3. The quantitative estimate of drug-likeness (QED) is 0.682. The number of rotatable bonds is 7. The van der Waals surface area contributed by atoms with Crippen LogP contribution in [0.1, 0.15) is 38.7 Å². The third kappa shape index (κ3) is 6.14. The number of piperazine rings is 1. The molecule has 0 radical (unpaired) electrons. The van der Waals surface area contributed by atoms with Gasteiger partial charge >= 0.3 is 0 Å². The van der Waals surface area contributed by atoms with Crippen molar-refractivity contribution in [2.45, 2.75) is 33.1 Å². The summed E-state index contributed by atoms with van der Waals surface area (Å²) >= 11 is 6.47. The van der Waals surface area contributed by atoms with Crippen LogP contribution in [0.15, 0.2) is 42.5 Å². The SMILES string of the molecule is CCC(C)c1ccc(OCC(=O)Nc2ccc(N3CCN(C(C)=O)CC3)c(Cl)c2)cc1. The maximum absolute atomic E-state index is 12.3. The Balaban J connectivity index is 1.51. The van der Waals surface area contributed by atoms with Crippen LogP contribution in [0.25, 0.3) is 0 Å². The number of halogens is 1. The molecule has 6 nitrogen and oxygen atoms in total. The molecule has 1 aliphatic heterocycles. The monoisotopic (exact) mass is 443 g/mol. The molecule has 0 spiro atoms. The molecule has 0 bridgehead atoms. The van der Waals surface area contributed by atoms with Crippen molar-refractivity contribution in [1.82, 2.24) is 4.90 Å². The van der Waals surface area contributed by atoms with Gasteiger partial charge in [-0.1, -0.05) is 37.6 Å². The third-order valence-corrected chi connectivity index (χ3v) is 6.03. The summed E-state index contributed by atoms with van der Waals surface area (Å²) in [6.45, 7) is 8.68. The van der Waals surface area contributed by atoms with Crippen LogP contribution >= 0.6 is 11.6 Å². The summed E-state index contributed by atoms with van der Waals surface area (Å²) in [6, 6.07) is 13.3. The smallest absolute Gasteiger partial charge is 0.262 e. The number of carbonyl (C=O) groups excluding carboxylic acids is 2. The zero-order valence-corrected chi connectivity index (χ0v) is 19.1. The summed E-state index contributed by atoms with van der Waals surface area (Å²) in [5.74, 6) is 1.02. The van der Waals surface area contributed by atoms with Gasteiger partial charge in [-0.25, -0.2) is 0 Å². The second kappa shape index (κ2) is 10.5. The lowest BCUT2D eigenvalue weighted by molar-refractivity contribution is -0.129. The summed E-state index contributed by atoms with van der Waals surface area (Å²) in [7, 11) is 0. The first-order valence-corrected chi connectivity index (χ1v) is 11.1. The average Bonchev–Trinajstić information content (AvgIpc) is 2.77. The van der Waals surface area contributed by atoms with E-state index >= 15 is 0 Å². The topological polar surface area (TPSA) is 61.9 Å². The minimum atomic E-state index is -0.245. The highest BCUT2D eigenvalue weighted by Crippen LogP contribution is 2.30. The molecule has 1 N–H and O–H groups in total. The second-order valence-corrected chi connectivity index (χ2v) is 8.28. The van der Waals surface area contributed by atoms with Crippen LogP contribution in [-0.2, 0) is 9.59 Å². The standard InChI is InChI=1S/C24H30ClN3O3/c1-4-17(2)19-5-8-21(9-6-19)31-16-24(30)26-20-7-10-23(22(25)15-20)28-13-11-27(12-14-28)18(3)29/h5-10,15,17H,4,11-14,16H2,1-3H3,(H,26,30). The summed E-state index contributed by atoms with van der Waals surface area (Å²) < 4.78 is 5.60. The van der Waals surface area contributed by atoms with E-state index in [9.17, 15) is 9.59 Å². The van der Waals surface area contributed by atoms with Gasteiger partial charge in [0.15, 0.2) is 6.61 Å². The van der Waals surface area contributed by atoms with Gasteiger partial charge in [-0.2, -0.15) is 0 Å². The first-order chi connectivity index (χ1) is 14.9. The number of nitrogens with zero attached hydrogens (tertiary/aromatic N) is 2. The van der Waals surface area contributed by atoms with Crippen LogP contribution in [0.5, 0.6) is 5.75 Å². The Kier molecular flexibility index (Phi) is 7.80. The molecule has 2 aromatic carbocycles. The molecule has 1 unspecified atom stereocenters. The van der Waals surface area contributed by atoms with Crippen LogP contribution in [0.3, 0.4) is 0 Å². The largest absolute Gasteiger partial charge is 0.484 e. The maximum Gasteiger partial charge on any atom is 0.262 e. The Labute approximate surface area is 189 Å². The minimum Gasteiger partial charge on any atom is -0.484 e. The predicted octanol–water partition coefficient (Wildman–Crippen LogP) is 4.54. The fourth-order valence-corrected chi connectivity index (χ4v) is 3.88. The first-order valence-electron chi connectivity index (χ1n) is 10.7. The number of hydrogen-bond donors (Lipinski definition) is 1. The molecular formula is C24H30ClN3O3. The zero-order chi connectivity index (χ0) is 22.4. The van der Waals surface area contributed by atoms with Crippen molar-refractivity contribution >= 4 is 34.8 Å². The van der Waals surface area contributed by atoms with Crippen LogP contribution in [0.4, 0.5) is 11.4 Å². The van der Waals surface area contributed by atoms with Crippen molar-refractivity contribution in [2.75, 3.05) is 43.0 Å². The molecule has 1 atom stereocenters. The number of amides is 2. The number of anilines is 2. The molecule has 1 fully saturated rings. The first kappa shape index (κ1) is 22.9. The molecule has 0 saturated carbocycles. The van der Waals surface area contributed by atoms with E-state index in [1.54, 1.807) is 13.0 Å². The van der Waals surface area contributed by atoms with Crippen molar-refractivity contribution in [2.24, 2.45) is 0 Å². The molecule has 3 rings (SSSR count). The van der Waals surface area contributed by atoms with Crippen molar-refractivity contribution in [3.8, 4) is 5.75 Å². The van der Waals surface area contributed by atoms with Crippen LogP contribution < -0.4 is 15.0 Å². The fraction of sp³-hybridized carbons (Fsp3) is 0.417. The Morgan fingerprint density at radius 3 is 2.35 bits per heavy atom. The summed E-state index contributed by atoms with van der Waals surface area (Å²) in [5, 5.41) is 3.39. The van der Waals surface area contributed by atoms with Gasteiger partial charge in [-0.05, 0) is 48.2 Å². The Morgan fingerprint density at radius 2 is 1.77 bits per heavy atom. The van der Waals surface area contributed by atoms with Gasteiger partial charge < -0.3 is 19.9 Å². The fourth-order valence-electron chi connectivity index (χ4n) is 3.58.